The molecule has 22 heavy (non-hydrogen) atoms. The zero-order valence-corrected chi connectivity index (χ0v) is 15.0. The molecule has 0 aliphatic carbocycles. The normalized spacial score (nSPS) is 21.3. The third kappa shape index (κ3) is 3.39. The van der Waals surface area contributed by atoms with E-state index >= 15 is 0 Å². The first-order valence-corrected chi connectivity index (χ1v) is 8.31. The molecule has 3 nitrogen and oxygen atoms in total. The first-order valence-electron chi connectivity index (χ1n) is 7.93. The smallest absolute Gasteiger partial charge is 0.101 e. The molecule has 1 aromatic rings. The standard InChI is InChI=1S/C18H26ClN3/c1-6-22-17(2,3)10-15(11-18(22,4)5)21-16-9-14(19)8-7-13(16)12-20/h7-9,15,21H,6,10-11H2,1-5H3. The van der Waals surface area contributed by atoms with Crippen molar-refractivity contribution in [3.05, 3.63) is 28.8 Å². The number of hydrogen-bond acceptors (Lipinski definition) is 3. The van der Waals surface area contributed by atoms with Crippen LogP contribution < -0.4 is 5.32 Å². The maximum atomic E-state index is 9.28. The van der Waals surface area contributed by atoms with Gasteiger partial charge in [0, 0.05) is 22.1 Å². The molecule has 1 aliphatic rings. The molecule has 1 aromatic carbocycles. The summed E-state index contributed by atoms with van der Waals surface area (Å²) in [4.78, 5) is 2.57. The van der Waals surface area contributed by atoms with E-state index in [1.54, 1.807) is 12.1 Å². The zero-order chi connectivity index (χ0) is 16.5. The van der Waals surface area contributed by atoms with E-state index < -0.39 is 0 Å². The van der Waals surface area contributed by atoms with Crippen molar-refractivity contribution in [3.63, 3.8) is 0 Å². The van der Waals surface area contributed by atoms with Crippen molar-refractivity contribution in [2.24, 2.45) is 0 Å². The molecule has 120 valence electrons. The van der Waals surface area contributed by atoms with Gasteiger partial charge in [-0.2, -0.15) is 5.26 Å². The maximum Gasteiger partial charge on any atom is 0.101 e. The van der Waals surface area contributed by atoms with Gasteiger partial charge in [0.15, 0.2) is 0 Å². The highest BCUT2D eigenvalue weighted by atomic mass is 35.5. The Morgan fingerprint density at radius 1 is 1.27 bits per heavy atom. The molecular formula is C18H26ClN3. The third-order valence-electron chi connectivity index (χ3n) is 4.73. The molecule has 0 spiro atoms. The second-order valence-corrected chi connectivity index (χ2v) is 7.86. The minimum Gasteiger partial charge on any atom is -0.381 e. The van der Waals surface area contributed by atoms with Crippen LogP contribution in [0.4, 0.5) is 5.69 Å². The van der Waals surface area contributed by atoms with Crippen LogP contribution in [0.2, 0.25) is 5.02 Å². The average molecular weight is 320 g/mol. The summed E-state index contributed by atoms with van der Waals surface area (Å²) in [5.41, 5.74) is 1.74. The lowest BCUT2D eigenvalue weighted by atomic mass is 9.77. The van der Waals surface area contributed by atoms with Gasteiger partial charge in [0.25, 0.3) is 0 Å². The molecule has 0 saturated carbocycles. The van der Waals surface area contributed by atoms with Gasteiger partial charge in [0.1, 0.15) is 6.07 Å². The van der Waals surface area contributed by atoms with Gasteiger partial charge in [-0.25, -0.2) is 0 Å². The van der Waals surface area contributed by atoms with E-state index in [9.17, 15) is 5.26 Å². The Hall–Kier alpha value is -1.24. The quantitative estimate of drug-likeness (QED) is 0.880. The molecule has 1 N–H and O–H groups in total. The summed E-state index contributed by atoms with van der Waals surface area (Å²) in [6, 6.07) is 7.97. The van der Waals surface area contributed by atoms with Crippen LogP contribution in [0.25, 0.3) is 0 Å². The molecule has 0 radical (unpaired) electrons. The fourth-order valence-corrected chi connectivity index (χ4v) is 4.40. The van der Waals surface area contributed by atoms with E-state index in [1.165, 1.54) is 0 Å². The fourth-order valence-electron chi connectivity index (χ4n) is 4.23. The highest BCUT2D eigenvalue weighted by Crippen LogP contribution is 2.39. The predicted molar refractivity (Wildman–Crippen MR) is 93.3 cm³/mol. The first kappa shape index (κ1) is 17.1. The molecular weight excluding hydrogens is 294 g/mol. The monoisotopic (exact) mass is 319 g/mol. The minimum absolute atomic E-state index is 0.125. The number of halogens is 1. The van der Waals surface area contributed by atoms with Crippen molar-refractivity contribution in [3.8, 4) is 6.07 Å². The highest BCUT2D eigenvalue weighted by Gasteiger charge is 2.44. The minimum atomic E-state index is 0.125. The maximum absolute atomic E-state index is 9.28. The number of rotatable bonds is 3. The van der Waals surface area contributed by atoms with Crippen LogP contribution in [-0.4, -0.2) is 28.6 Å². The fraction of sp³-hybridized carbons (Fsp3) is 0.611. The summed E-state index contributed by atoms with van der Waals surface area (Å²) < 4.78 is 0. The molecule has 0 unspecified atom stereocenters. The summed E-state index contributed by atoms with van der Waals surface area (Å²) in [7, 11) is 0. The van der Waals surface area contributed by atoms with Gasteiger partial charge in [-0.05, 0) is 65.3 Å². The van der Waals surface area contributed by atoms with Crippen LogP contribution in [0.1, 0.15) is 53.0 Å². The average Bonchev–Trinajstić information content (AvgIpc) is 2.36. The van der Waals surface area contributed by atoms with Gasteiger partial charge in [-0.1, -0.05) is 18.5 Å². The predicted octanol–water partition coefficient (Wildman–Crippen LogP) is 4.67. The van der Waals surface area contributed by atoms with Gasteiger partial charge >= 0.3 is 0 Å². The summed E-state index contributed by atoms with van der Waals surface area (Å²) in [5, 5.41) is 13.5. The van der Waals surface area contributed by atoms with Gasteiger partial charge in [0.05, 0.1) is 11.3 Å². The lowest BCUT2D eigenvalue weighted by Crippen LogP contribution is -2.62. The Labute approximate surface area is 139 Å². The molecule has 1 saturated heterocycles. The van der Waals surface area contributed by atoms with Gasteiger partial charge in [-0.15, -0.1) is 0 Å². The highest BCUT2D eigenvalue weighted by molar-refractivity contribution is 6.30. The lowest BCUT2D eigenvalue weighted by Gasteiger charge is -2.55. The second kappa shape index (κ2) is 6.10. The van der Waals surface area contributed by atoms with Crippen LogP contribution >= 0.6 is 11.6 Å². The van der Waals surface area contributed by atoms with Crippen molar-refractivity contribution < 1.29 is 0 Å². The molecule has 0 atom stereocenters. The van der Waals surface area contributed by atoms with E-state index in [0.717, 1.165) is 25.1 Å². The molecule has 1 fully saturated rings. The first-order chi connectivity index (χ1) is 10.2. The summed E-state index contributed by atoms with van der Waals surface area (Å²) in [6.07, 6.45) is 2.09. The van der Waals surface area contributed by atoms with E-state index in [2.05, 4.69) is 50.9 Å². The topological polar surface area (TPSA) is 39.1 Å². The number of hydrogen-bond donors (Lipinski definition) is 1. The number of benzene rings is 1. The second-order valence-electron chi connectivity index (χ2n) is 7.42. The van der Waals surface area contributed by atoms with Crippen molar-refractivity contribution in [1.82, 2.24) is 4.90 Å². The number of nitrogens with zero attached hydrogens (tertiary/aromatic N) is 2. The largest absolute Gasteiger partial charge is 0.381 e. The third-order valence-corrected chi connectivity index (χ3v) is 4.97. The van der Waals surface area contributed by atoms with Gasteiger partial charge < -0.3 is 5.32 Å². The number of piperidine rings is 1. The van der Waals surface area contributed by atoms with Crippen LogP contribution in [0.15, 0.2) is 18.2 Å². The Morgan fingerprint density at radius 2 is 1.86 bits per heavy atom. The van der Waals surface area contributed by atoms with Crippen molar-refractivity contribution >= 4 is 17.3 Å². The Kier molecular flexibility index (Phi) is 4.75. The van der Waals surface area contributed by atoms with Crippen molar-refractivity contribution in [2.75, 3.05) is 11.9 Å². The van der Waals surface area contributed by atoms with Crippen molar-refractivity contribution in [1.29, 1.82) is 5.26 Å². The molecule has 1 aliphatic heterocycles. The van der Waals surface area contributed by atoms with Crippen LogP contribution in [0, 0.1) is 11.3 Å². The van der Waals surface area contributed by atoms with E-state index in [4.69, 9.17) is 11.6 Å². The number of nitrogens with one attached hydrogen (secondary N) is 1. The van der Waals surface area contributed by atoms with Crippen LogP contribution in [0.5, 0.6) is 0 Å². The molecule has 1 heterocycles. The summed E-state index contributed by atoms with van der Waals surface area (Å²) in [5.74, 6) is 0. The SMILES string of the molecule is CCN1C(C)(C)CC(Nc2cc(Cl)ccc2C#N)CC1(C)C. The van der Waals surface area contributed by atoms with Crippen LogP contribution in [0.3, 0.4) is 0 Å². The van der Waals surface area contributed by atoms with E-state index in [0.29, 0.717) is 16.6 Å². The number of nitriles is 1. The number of anilines is 1. The molecule has 4 heteroatoms. The van der Waals surface area contributed by atoms with Crippen LogP contribution in [-0.2, 0) is 0 Å². The molecule has 0 bridgehead atoms. The number of likely N-dealkylation sites (tertiary alicyclic amines) is 1. The Balaban J connectivity index is 2.25. The molecule has 0 amide bonds. The van der Waals surface area contributed by atoms with Gasteiger partial charge in [-0.3, -0.25) is 4.90 Å². The van der Waals surface area contributed by atoms with E-state index in [-0.39, 0.29) is 11.1 Å². The summed E-state index contributed by atoms with van der Waals surface area (Å²) >= 11 is 6.09. The lowest BCUT2D eigenvalue weighted by molar-refractivity contribution is -0.0269. The zero-order valence-electron chi connectivity index (χ0n) is 14.2. The Morgan fingerprint density at radius 3 is 2.36 bits per heavy atom. The van der Waals surface area contributed by atoms with Gasteiger partial charge in [0.2, 0.25) is 0 Å². The molecule has 2 rings (SSSR count). The van der Waals surface area contributed by atoms with E-state index in [1.807, 2.05) is 6.07 Å². The Bertz CT molecular complexity index is 568. The summed E-state index contributed by atoms with van der Waals surface area (Å²) in [6.45, 7) is 12.5. The molecule has 0 aromatic heterocycles. The van der Waals surface area contributed by atoms with Crippen molar-refractivity contribution in [2.45, 2.75) is 64.6 Å².